The van der Waals surface area contributed by atoms with Gasteiger partial charge in [-0.25, -0.2) is 4.79 Å². The molecule has 0 saturated heterocycles. The minimum atomic E-state index is -4.89. The van der Waals surface area contributed by atoms with Crippen LogP contribution < -0.4 is 20.7 Å². The molecule has 0 aliphatic carbocycles. The molecule has 0 aliphatic rings. The fourth-order valence-corrected chi connectivity index (χ4v) is 3.80. The second kappa shape index (κ2) is 10.7. The molecule has 37 heavy (non-hydrogen) atoms. The molecule has 0 saturated carbocycles. The second-order valence-electron chi connectivity index (χ2n) is 7.90. The summed E-state index contributed by atoms with van der Waals surface area (Å²) in [5.74, 6) is -0.510. The number of rotatable bonds is 9. The molecule has 13 heteroatoms. The molecule has 2 aromatic carbocycles. The van der Waals surface area contributed by atoms with Gasteiger partial charge in [0.15, 0.2) is 11.2 Å². The lowest BCUT2D eigenvalue weighted by Gasteiger charge is -2.12. The van der Waals surface area contributed by atoms with Crippen LogP contribution in [0.5, 0.6) is 17.5 Å². The lowest BCUT2D eigenvalue weighted by Crippen LogP contribution is -2.39. The van der Waals surface area contributed by atoms with Gasteiger partial charge in [-0.1, -0.05) is 29.8 Å². The molecule has 9 nitrogen and oxygen atoms in total. The maximum atomic E-state index is 13.2. The molecule has 0 bridgehead atoms. The maximum absolute atomic E-state index is 13.2. The molecule has 2 aromatic heterocycles. The van der Waals surface area contributed by atoms with Crippen LogP contribution in [-0.4, -0.2) is 38.3 Å². The topological polar surface area (TPSA) is 89.5 Å². The Morgan fingerprint density at radius 3 is 2.41 bits per heavy atom. The Morgan fingerprint density at radius 2 is 1.73 bits per heavy atom. The van der Waals surface area contributed by atoms with Crippen LogP contribution in [0.2, 0.25) is 5.02 Å². The molecule has 196 valence electrons. The fourth-order valence-electron chi connectivity index (χ4n) is 3.68. The van der Waals surface area contributed by atoms with Gasteiger partial charge in [0, 0.05) is 24.7 Å². The summed E-state index contributed by atoms with van der Waals surface area (Å²) >= 11 is 5.99. The Hall–Kier alpha value is -3.77. The van der Waals surface area contributed by atoms with E-state index in [1.165, 1.54) is 28.3 Å². The summed E-state index contributed by atoms with van der Waals surface area (Å²) < 4.78 is 57.0. The van der Waals surface area contributed by atoms with Crippen molar-refractivity contribution < 1.29 is 27.4 Å². The number of ether oxygens (including phenoxy) is 3. The molecule has 0 aliphatic heterocycles. The SMILES string of the molecule is CCOCCn1c(=O)n(C)c(=O)c2c1nc(Oc1cccc(OC(F)(F)F)c1)n2Cc1ccc(Cl)cc1. The molecule has 0 radical (unpaired) electrons. The molecule has 0 unspecified atom stereocenters. The smallest absolute Gasteiger partial charge is 0.425 e. The van der Waals surface area contributed by atoms with E-state index in [2.05, 4.69) is 9.72 Å². The van der Waals surface area contributed by atoms with Crippen molar-refractivity contribution in [3.05, 3.63) is 80.0 Å². The second-order valence-corrected chi connectivity index (χ2v) is 8.34. The van der Waals surface area contributed by atoms with Crippen molar-refractivity contribution in [1.82, 2.24) is 18.7 Å². The predicted octanol–water partition coefficient (Wildman–Crippen LogP) is 4.33. The lowest BCUT2D eigenvalue weighted by atomic mass is 10.2. The van der Waals surface area contributed by atoms with Gasteiger partial charge in [-0.2, -0.15) is 4.98 Å². The molecule has 0 atom stereocenters. The Bertz CT molecular complexity index is 1530. The molecule has 4 aromatic rings. The van der Waals surface area contributed by atoms with Gasteiger partial charge in [0.25, 0.3) is 5.56 Å². The van der Waals surface area contributed by atoms with Crippen LogP contribution in [0.3, 0.4) is 0 Å². The van der Waals surface area contributed by atoms with E-state index in [0.29, 0.717) is 11.6 Å². The van der Waals surface area contributed by atoms with Crippen molar-refractivity contribution in [3.8, 4) is 17.5 Å². The van der Waals surface area contributed by atoms with Gasteiger partial charge in [-0.15, -0.1) is 13.2 Å². The molecule has 4 rings (SSSR count). The predicted molar refractivity (Wildman–Crippen MR) is 129 cm³/mol. The zero-order chi connectivity index (χ0) is 26.7. The number of halogens is 4. The number of imidazole rings is 1. The first kappa shape index (κ1) is 26.3. The number of nitrogens with zero attached hydrogens (tertiary/aromatic N) is 4. The highest BCUT2D eigenvalue weighted by Gasteiger charge is 2.31. The van der Waals surface area contributed by atoms with E-state index in [0.717, 1.165) is 22.3 Å². The van der Waals surface area contributed by atoms with Crippen LogP contribution in [0.15, 0.2) is 58.1 Å². The van der Waals surface area contributed by atoms with Crippen LogP contribution in [0.1, 0.15) is 12.5 Å². The summed E-state index contributed by atoms with van der Waals surface area (Å²) in [5, 5.41) is 0.512. The first-order valence-electron chi connectivity index (χ1n) is 11.1. The summed E-state index contributed by atoms with van der Waals surface area (Å²) in [6.07, 6.45) is -4.89. The average Bonchev–Trinajstić information content (AvgIpc) is 3.18. The van der Waals surface area contributed by atoms with E-state index in [-0.39, 0.29) is 42.6 Å². The third kappa shape index (κ3) is 5.97. The summed E-state index contributed by atoms with van der Waals surface area (Å²) in [7, 11) is 1.35. The first-order chi connectivity index (χ1) is 17.6. The molecular weight excluding hydrogens is 517 g/mol. The molecule has 0 fully saturated rings. The number of fused-ring (bicyclic) bond motifs is 1. The van der Waals surface area contributed by atoms with Gasteiger partial charge in [0.05, 0.1) is 19.7 Å². The minimum Gasteiger partial charge on any atom is -0.425 e. The number of alkyl halides is 3. The number of aromatic nitrogens is 4. The third-order valence-electron chi connectivity index (χ3n) is 5.36. The molecule has 2 heterocycles. The van der Waals surface area contributed by atoms with Crippen LogP contribution in [0, 0.1) is 0 Å². The third-order valence-corrected chi connectivity index (χ3v) is 5.61. The Labute approximate surface area is 213 Å². The summed E-state index contributed by atoms with van der Waals surface area (Å²) in [4.78, 5) is 30.5. The minimum absolute atomic E-state index is 0.0190. The van der Waals surface area contributed by atoms with Gasteiger partial charge in [-0.3, -0.25) is 18.5 Å². The quantitative estimate of drug-likeness (QED) is 0.295. The average molecular weight is 539 g/mol. The van der Waals surface area contributed by atoms with Gasteiger partial charge in [0.1, 0.15) is 11.5 Å². The number of hydrogen-bond acceptors (Lipinski definition) is 6. The van der Waals surface area contributed by atoms with E-state index in [4.69, 9.17) is 21.1 Å². The molecule has 0 spiro atoms. The van der Waals surface area contributed by atoms with Crippen molar-refractivity contribution in [2.24, 2.45) is 7.05 Å². The highest BCUT2D eigenvalue weighted by Crippen LogP contribution is 2.30. The fraction of sp³-hybridized carbons (Fsp3) is 0.292. The Morgan fingerprint density at radius 1 is 1.03 bits per heavy atom. The van der Waals surface area contributed by atoms with Gasteiger partial charge >= 0.3 is 18.1 Å². The zero-order valence-corrected chi connectivity index (χ0v) is 20.5. The van der Waals surface area contributed by atoms with Gasteiger partial charge < -0.3 is 14.2 Å². The van der Waals surface area contributed by atoms with Crippen LogP contribution in [0.4, 0.5) is 13.2 Å². The highest BCUT2D eigenvalue weighted by molar-refractivity contribution is 6.30. The van der Waals surface area contributed by atoms with Crippen LogP contribution >= 0.6 is 11.6 Å². The standard InChI is InChI=1S/C24H22ClF3N4O5/c1-3-35-12-11-31-20-19(21(33)30(2)23(31)34)32(14-15-7-9-16(25)10-8-15)22(29-20)36-17-5-4-6-18(13-17)37-24(26,27)28/h4-10,13H,3,11-12,14H2,1-2H3. The van der Waals surface area contributed by atoms with Gasteiger partial charge in [-0.05, 0) is 36.8 Å². The van der Waals surface area contributed by atoms with E-state index in [1.807, 2.05) is 6.92 Å². The van der Waals surface area contributed by atoms with Crippen molar-refractivity contribution in [2.75, 3.05) is 13.2 Å². The normalized spacial score (nSPS) is 11.7. The summed E-state index contributed by atoms with van der Waals surface area (Å²) in [6.45, 7) is 2.65. The molecular formula is C24H22ClF3N4O5. The van der Waals surface area contributed by atoms with Crippen molar-refractivity contribution in [1.29, 1.82) is 0 Å². The number of hydrogen-bond donors (Lipinski definition) is 0. The zero-order valence-electron chi connectivity index (χ0n) is 19.8. The molecule has 0 N–H and O–H groups in total. The summed E-state index contributed by atoms with van der Waals surface area (Å²) in [6, 6.07) is 11.6. The first-order valence-corrected chi connectivity index (χ1v) is 11.5. The van der Waals surface area contributed by atoms with Crippen molar-refractivity contribution in [2.45, 2.75) is 26.4 Å². The largest absolute Gasteiger partial charge is 0.573 e. The van der Waals surface area contributed by atoms with E-state index < -0.39 is 23.4 Å². The number of benzene rings is 2. The Balaban J connectivity index is 1.87. The summed E-state index contributed by atoms with van der Waals surface area (Å²) in [5.41, 5.74) is -0.346. The Kier molecular flexibility index (Phi) is 7.60. The monoisotopic (exact) mass is 538 g/mol. The van der Waals surface area contributed by atoms with Crippen LogP contribution in [-0.2, 0) is 24.9 Å². The van der Waals surface area contributed by atoms with E-state index in [1.54, 1.807) is 24.3 Å². The van der Waals surface area contributed by atoms with Gasteiger partial charge in [0.2, 0.25) is 0 Å². The maximum Gasteiger partial charge on any atom is 0.573 e. The van der Waals surface area contributed by atoms with E-state index in [9.17, 15) is 22.8 Å². The highest BCUT2D eigenvalue weighted by atomic mass is 35.5. The molecule has 0 amide bonds. The van der Waals surface area contributed by atoms with Crippen LogP contribution in [0.25, 0.3) is 11.2 Å². The lowest BCUT2D eigenvalue weighted by molar-refractivity contribution is -0.274. The van der Waals surface area contributed by atoms with Crippen molar-refractivity contribution >= 4 is 22.8 Å². The van der Waals surface area contributed by atoms with Crippen molar-refractivity contribution in [3.63, 3.8) is 0 Å². The van der Waals surface area contributed by atoms with E-state index >= 15 is 0 Å².